The molecule has 2 N–H and O–H groups in total. The van der Waals surface area contributed by atoms with E-state index in [1.165, 1.54) is 0 Å². The minimum absolute atomic E-state index is 0. The van der Waals surface area contributed by atoms with Crippen molar-refractivity contribution >= 4 is 5.91 Å². The van der Waals surface area contributed by atoms with Crippen LogP contribution in [0.15, 0.2) is 0 Å². The molecular formula is C14H29NO6V. The molecule has 0 aliphatic rings. The van der Waals surface area contributed by atoms with Gasteiger partial charge < -0.3 is 29.4 Å². The van der Waals surface area contributed by atoms with E-state index in [1.54, 1.807) is 0 Å². The van der Waals surface area contributed by atoms with Crippen LogP contribution in [0, 0.1) is 0 Å². The topological polar surface area (TPSA) is 86.3 Å². The third-order valence-corrected chi connectivity index (χ3v) is 2.40. The van der Waals surface area contributed by atoms with Gasteiger partial charge in [0.25, 0.3) is 0 Å². The summed E-state index contributed by atoms with van der Waals surface area (Å²) in [5, 5.41) is 11.2. The SMILES string of the molecule is CCCC(=O)NCCOCCOCCOCCOCCO.[V]. The van der Waals surface area contributed by atoms with Gasteiger partial charge in [-0.1, -0.05) is 6.92 Å². The van der Waals surface area contributed by atoms with E-state index in [2.05, 4.69) is 5.32 Å². The second kappa shape index (κ2) is 20.9. The number of carbonyl (C=O) groups is 1. The molecule has 22 heavy (non-hydrogen) atoms. The summed E-state index contributed by atoms with van der Waals surface area (Å²) in [5.74, 6) is 0.0671. The van der Waals surface area contributed by atoms with Crippen molar-refractivity contribution in [3.05, 3.63) is 0 Å². The first-order chi connectivity index (χ1) is 10.3. The van der Waals surface area contributed by atoms with Crippen molar-refractivity contribution in [3.63, 3.8) is 0 Å². The maximum atomic E-state index is 11.1. The van der Waals surface area contributed by atoms with Crippen LogP contribution in [-0.2, 0) is 42.3 Å². The third kappa shape index (κ3) is 19.9. The Labute approximate surface area is 144 Å². The summed E-state index contributed by atoms with van der Waals surface area (Å²) in [7, 11) is 0. The largest absolute Gasteiger partial charge is 0.394 e. The third-order valence-electron chi connectivity index (χ3n) is 2.40. The summed E-state index contributed by atoms with van der Waals surface area (Å²) in [6, 6.07) is 0. The normalized spacial score (nSPS) is 10.3. The number of carbonyl (C=O) groups excluding carboxylic acids is 1. The van der Waals surface area contributed by atoms with Gasteiger partial charge >= 0.3 is 0 Å². The van der Waals surface area contributed by atoms with Crippen LogP contribution in [0.3, 0.4) is 0 Å². The summed E-state index contributed by atoms with van der Waals surface area (Å²) in [5.41, 5.74) is 0. The summed E-state index contributed by atoms with van der Waals surface area (Å²) in [6.45, 7) is 6.39. The Bertz CT molecular complexity index is 233. The maximum Gasteiger partial charge on any atom is 0.220 e. The molecule has 0 atom stereocenters. The Balaban J connectivity index is 0. The molecule has 0 spiro atoms. The maximum absolute atomic E-state index is 11.1. The number of amides is 1. The zero-order valence-corrected chi connectivity index (χ0v) is 14.8. The average Bonchev–Trinajstić information content (AvgIpc) is 2.48. The van der Waals surface area contributed by atoms with E-state index >= 15 is 0 Å². The van der Waals surface area contributed by atoms with Crippen molar-refractivity contribution in [2.24, 2.45) is 0 Å². The Morgan fingerprint density at radius 1 is 0.864 bits per heavy atom. The Kier molecular flexibility index (Phi) is 22.9. The van der Waals surface area contributed by atoms with Gasteiger partial charge in [0, 0.05) is 31.5 Å². The number of aliphatic hydroxyl groups excluding tert-OH is 1. The van der Waals surface area contributed by atoms with Crippen LogP contribution < -0.4 is 5.32 Å². The number of aliphatic hydroxyl groups is 1. The first kappa shape index (κ1) is 24.1. The van der Waals surface area contributed by atoms with E-state index in [1.807, 2.05) is 6.92 Å². The predicted molar refractivity (Wildman–Crippen MR) is 78.3 cm³/mol. The molecule has 8 heteroatoms. The minimum Gasteiger partial charge on any atom is -0.394 e. The molecule has 0 aromatic carbocycles. The number of hydrogen-bond donors (Lipinski definition) is 2. The Morgan fingerprint density at radius 2 is 1.32 bits per heavy atom. The molecular weight excluding hydrogens is 329 g/mol. The smallest absolute Gasteiger partial charge is 0.220 e. The van der Waals surface area contributed by atoms with Crippen molar-refractivity contribution in [1.82, 2.24) is 5.32 Å². The summed E-state index contributed by atoms with van der Waals surface area (Å²) in [4.78, 5) is 11.1. The molecule has 0 rings (SSSR count). The second-order valence-electron chi connectivity index (χ2n) is 4.27. The van der Waals surface area contributed by atoms with Crippen molar-refractivity contribution in [2.75, 3.05) is 66.0 Å². The average molecular weight is 358 g/mol. The first-order valence-electron chi connectivity index (χ1n) is 7.49. The summed E-state index contributed by atoms with van der Waals surface area (Å²) < 4.78 is 20.9. The standard InChI is InChI=1S/C14H29NO6.V/c1-2-3-14(17)15-4-6-18-8-10-20-12-13-21-11-9-19-7-5-16;/h16H,2-13H2,1H3,(H,15,17);. The van der Waals surface area contributed by atoms with Gasteiger partial charge in [-0.25, -0.2) is 0 Å². The van der Waals surface area contributed by atoms with E-state index in [0.717, 1.165) is 6.42 Å². The molecule has 0 bridgehead atoms. The van der Waals surface area contributed by atoms with Gasteiger partial charge in [-0.05, 0) is 6.42 Å². The molecule has 131 valence electrons. The molecule has 0 saturated carbocycles. The Morgan fingerprint density at radius 3 is 1.77 bits per heavy atom. The van der Waals surface area contributed by atoms with Crippen LogP contribution in [0.5, 0.6) is 0 Å². The van der Waals surface area contributed by atoms with E-state index in [9.17, 15) is 4.79 Å². The van der Waals surface area contributed by atoms with Crippen molar-refractivity contribution < 1.29 is 47.4 Å². The number of nitrogens with one attached hydrogen (secondary N) is 1. The van der Waals surface area contributed by atoms with E-state index in [0.29, 0.717) is 65.8 Å². The molecule has 0 heterocycles. The second-order valence-corrected chi connectivity index (χ2v) is 4.27. The summed E-state index contributed by atoms with van der Waals surface area (Å²) in [6.07, 6.45) is 1.42. The van der Waals surface area contributed by atoms with Gasteiger partial charge in [0.1, 0.15) is 0 Å². The van der Waals surface area contributed by atoms with Gasteiger partial charge in [-0.2, -0.15) is 0 Å². The number of rotatable bonds is 16. The van der Waals surface area contributed by atoms with Crippen LogP contribution in [0.2, 0.25) is 0 Å². The summed E-state index contributed by atoms with van der Waals surface area (Å²) >= 11 is 0. The van der Waals surface area contributed by atoms with Crippen LogP contribution in [0.1, 0.15) is 19.8 Å². The van der Waals surface area contributed by atoms with Crippen LogP contribution in [0.4, 0.5) is 0 Å². The minimum atomic E-state index is 0. The molecule has 0 aliphatic heterocycles. The van der Waals surface area contributed by atoms with Gasteiger partial charge in [-0.3, -0.25) is 4.79 Å². The zero-order chi connectivity index (χ0) is 15.6. The quantitative estimate of drug-likeness (QED) is 0.377. The number of ether oxygens (including phenoxy) is 4. The first-order valence-corrected chi connectivity index (χ1v) is 7.49. The fourth-order valence-electron chi connectivity index (χ4n) is 1.40. The molecule has 0 saturated heterocycles. The number of hydrogen-bond acceptors (Lipinski definition) is 6. The molecule has 0 aliphatic carbocycles. The van der Waals surface area contributed by atoms with Gasteiger partial charge in [0.2, 0.25) is 5.91 Å². The Hall–Kier alpha value is -0.146. The van der Waals surface area contributed by atoms with E-state index in [-0.39, 0.29) is 31.1 Å². The van der Waals surface area contributed by atoms with Crippen molar-refractivity contribution in [1.29, 1.82) is 0 Å². The van der Waals surface area contributed by atoms with Crippen LogP contribution in [-0.4, -0.2) is 77.0 Å². The molecule has 1 radical (unpaired) electrons. The molecule has 0 aromatic rings. The molecule has 0 unspecified atom stereocenters. The van der Waals surface area contributed by atoms with Gasteiger partial charge in [0.15, 0.2) is 0 Å². The molecule has 0 fully saturated rings. The molecule has 1 amide bonds. The fraction of sp³-hybridized carbons (Fsp3) is 0.929. The predicted octanol–water partition coefficient (Wildman–Crippen LogP) is -0.0411. The fourth-order valence-corrected chi connectivity index (χ4v) is 1.40. The van der Waals surface area contributed by atoms with Gasteiger partial charge in [0.05, 0.1) is 59.5 Å². The van der Waals surface area contributed by atoms with Gasteiger partial charge in [-0.15, -0.1) is 0 Å². The zero-order valence-electron chi connectivity index (χ0n) is 13.4. The van der Waals surface area contributed by atoms with Crippen molar-refractivity contribution in [2.45, 2.75) is 19.8 Å². The molecule has 7 nitrogen and oxygen atoms in total. The molecule has 0 aromatic heterocycles. The van der Waals surface area contributed by atoms with Crippen LogP contribution >= 0.6 is 0 Å². The monoisotopic (exact) mass is 358 g/mol. The van der Waals surface area contributed by atoms with Crippen molar-refractivity contribution in [3.8, 4) is 0 Å². The van der Waals surface area contributed by atoms with Crippen LogP contribution in [0.25, 0.3) is 0 Å². The van der Waals surface area contributed by atoms with E-state index in [4.69, 9.17) is 24.1 Å². The van der Waals surface area contributed by atoms with E-state index < -0.39 is 0 Å².